The van der Waals surface area contributed by atoms with Gasteiger partial charge in [0.1, 0.15) is 0 Å². The topological polar surface area (TPSA) is 98.8 Å². The highest BCUT2D eigenvalue weighted by Crippen LogP contribution is 2.13. The molecule has 0 heterocycles. The van der Waals surface area contributed by atoms with Crippen LogP contribution >= 0.6 is 0 Å². The van der Waals surface area contributed by atoms with E-state index in [0.29, 0.717) is 11.3 Å². The van der Waals surface area contributed by atoms with Gasteiger partial charge in [-0.15, -0.1) is 0 Å². The van der Waals surface area contributed by atoms with Crippen LogP contribution in [0.15, 0.2) is 24.3 Å². The summed E-state index contributed by atoms with van der Waals surface area (Å²) in [7, 11) is 0. The minimum Gasteiger partial charge on any atom is -0.465 e. The monoisotopic (exact) mass is 321 g/mol. The summed E-state index contributed by atoms with van der Waals surface area (Å²) < 4.78 is 9.47. The molecule has 1 aromatic carbocycles. The van der Waals surface area contributed by atoms with Gasteiger partial charge >= 0.3 is 11.9 Å². The van der Waals surface area contributed by atoms with Crippen LogP contribution in [-0.4, -0.2) is 36.8 Å². The standard InChI is InChI=1S/C16H19NO6/c1-4-22-15(20)13(16(21)23-5-2)14(19)17-12-8-6-11(7-9-12)10(3)18/h6-9,13H,4-5H2,1-3H3,(H,17,19). The predicted octanol–water partition coefficient (Wildman–Crippen LogP) is 1.57. The molecule has 0 aliphatic heterocycles. The van der Waals surface area contributed by atoms with Gasteiger partial charge in [-0.1, -0.05) is 0 Å². The number of carbonyl (C=O) groups excluding carboxylic acids is 4. The fourth-order valence-electron chi connectivity index (χ4n) is 1.76. The number of rotatable bonds is 7. The molecule has 1 N–H and O–H groups in total. The summed E-state index contributed by atoms with van der Waals surface area (Å²) in [6.07, 6.45) is 0. The van der Waals surface area contributed by atoms with Crippen molar-refractivity contribution in [2.24, 2.45) is 5.92 Å². The van der Waals surface area contributed by atoms with Gasteiger partial charge in [-0.05, 0) is 45.0 Å². The minimum absolute atomic E-state index is 0.0370. The van der Waals surface area contributed by atoms with Crippen LogP contribution in [-0.2, 0) is 23.9 Å². The number of benzene rings is 1. The molecule has 0 fully saturated rings. The Labute approximate surface area is 134 Å². The Hall–Kier alpha value is -2.70. The Balaban J connectivity index is 2.89. The molecule has 0 aliphatic carbocycles. The summed E-state index contributed by atoms with van der Waals surface area (Å²) >= 11 is 0. The predicted molar refractivity (Wildman–Crippen MR) is 81.8 cm³/mol. The zero-order valence-corrected chi connectivity index (χ0v) is 13.3. The molecule has 0 unspecified atom stereocenters. The van der Waals surface area contributed by atoms with E-state index in [9.17, 15) is 19.2 Å². The third kappa shape index (κ3) is 5.21. The molecule has 0 aliphatic rings. The first-order valence-corrected chi connectivity index (χ1v) is 7.15. The van der Waals surface area contributed by atoms with E-state index in [2.05, 4.69) is 5.32 Å². The van der Waals surface area contributed by atoms with Crippen LogP contribution in [0.25, 0.3) is 0 Å². The zero-order chi connectivity index (χ0) is 17.4. The first-order chi connectivity index (χ1) is 10.9. The van der Waals surface area contributed by atoms with E-state index in [1.807, 2.05) is 0 Å². The minimum atomic E-state index is -1.69. The van der Waals surface area contributed by atoms with Crippen molar-refractivity contribution >= 4 is 29.3 Å². The molecule has 124 valence electrons. The second-order valence-electron chi connectivity index (χ2n) is 4.56. The first kappa shape index (κ1) is 18.3. The van der Waals surface area contributed by atoms with Crippen LogP contribution in [0.1, 0.15) is 31.1 Å². The highest BCUT2D eigenvalue weighted by Gasteiger charge is 2.37. The van der Waals surface area contributed by atoms with Gasteiger partial charge in [0.25, 0.3) is 0 Å². The third-order valence-electron chi connectivity index (χ3n) is 2.87. The largest absolute Gasteiger partial charge is 0.465 e. The summed E-state index contributed by atoms with van der Waals surface area (Å²) in [6, 6.07) is 6.06. The number of carbonyl (C=O) groups is 4. The van der Waals surface area contributed by atoms with E-state index in [0.717, 1.165) is 0 Å². The van der Waals surface area contributed by atoms with E-state index in [1.54, 1.807) is 13.8 Å². The second-order valence-corrected chi connectivity index (χ2v) is 4.56. The van der Waals surface area contributed by atoms with Gasteiger partial charge in [-0.25, -0.2) is 0 Å². The molecule has 0 saturated carbocycles. The summed E-state index contributed by atoms with van der Waals surface area (Å²) in [5.74, 6) is -4.59. The number of anilines is 1. The number of ether oxygens (including phenoxy) is 2. The molecule has 0 atom stereocenters. The third-order valence-corrected chi connectivity index (χ3v) is 2.87. The molecule has 1 amide bonds. The van der Waals surface area contributed by atoms with Crippen molar-refractivity contribution in [1.29, 1.82) is 0 Å². The van der Waals surface area contributed by atoms with Crippen molar-refractivity contribution in [1.82, 2.24) is 0 Å². The number of nitrogens with one attached hydrogen (secondary N) is 1. The van der Waals surface area contributed by atoms with Gasteiger partial charge in [0.2, 0.25) is 11.8 Å². The molecular weight excluding hydrogens is 302 g/mol. The van der Waals surface area contributed by atoms with Gasteiger partial charge in [0.15, 0.2) is 5.78 Å². The summed E-state index contributed by atoms with van der Waals surface area (Å²) in [6.45, 7) is 4.63. The van der Waals surface area contributed by atoms with Crippen LogP contribution < -0.4 is 5.32 Å². The number of esters is 2. The van der Waals surface area contributed by atoms with Crippen LogP contribution in [0.3, 0.4) is 0 Å². The maximum atomic E-state index is 12.2. The first-order valence-electron chi connectivity index (χ1n) is 7.15. The molecule has 23 heavy (non-hydrogen) atoms. The maximum absolute atomic E-state index is 12.2. The van der Waals surface area contributed by atoms with E-state index < -0.39 is 23.8 Å². The highest BCUT2D eigenvalue weighted by molar-refractivity contribution is 6.18. The molecular formula is C16H19NO6. The van der Waals surface area contributed by atoms with Crippen molar-refractivity contribution in [2.75, 3.05) is 18.5 Å². The Kier molecular flexibility index (Phi) is 6.92. The summed E-state index contributed by atoms with van der Waals surface area (Å²) in [4.78, 5) is 47.0. The lowest BCUT2D eigenvalue weighted by Crippen LogP contribution is -2.38. The van der Waals surface area contributed by atoms with Gasteiger partial charge in [0.05, 0.1) is 13.2 Å². The maximum Gasteiger partial charge on any atom is 0.330 e. The fraction of sp³-hybridized carbons (Fsp3) is 0.375. The molecule has 7 heteroatoms. The molecule has 0 radical (unpaired) electrons. The van der Waals surface area contributed by atoms with Crippen LogP contribution in [0.5, 0.6) is 0 Å². The lowest BCUT2D eigenvalue weighted by atomic mass is 10.1. The van der Waals surface area contributed by atoms with Crippen molar-refractivity contribution in [3.63, 3.8) is 0 Å². The lowest BCUT2D eigenvalue weighted by Gasteiger charge is -2.14. The normalized spacial score (nSPS) is 10.1. The van der Waals surface area contributed by atoms with Gasteiger partial charge in [-0.3, -0.25) is 19.2 Å². The number of ketones is 1. The number of hydrogen-bond acceptors (Lipinski definition) is 6. The fourth-order valence-corrected chi connectivity index (χ4v) is 1.76. The van der Waals surface area contributed by atoms with Gasteiger partial charge < -0.3 is 14.8 Å². The van der Waals surface area contributed by atoms with Gasteiger partial charge in [-0.2, -0.15) is 0 Å². The number of hydrogen-bond donors (Lipinski definition) is 1. The second kappa shape index (κ2) is 8.67. The van der Waals surface area contributed by atoms with E-state index in [-0.39, 0.29) is 19.0 Å². The van der Waals surface area contributed by atoms with Crippen molar-refractivity contribution in [3.05, 3.63) is 29.8 Å². The SMILES string of the molecule is CCOC(=O)C(C(=O)Nc1ccc(C(C)=O)cc1)C(=O)OCC. The Morgan fingerprint density at radius 2 is 1.43 bits per heavy atom. The van der Waals surface area contributed by atoms with Crippen LogP contribution in [0.2, 0.25) is 0 Å². The Bertz CT molecular complexity index is 575. The number of amides is 1. The molecule has 0 aromatic heterocycles. The number of Topliss-reactive ketones (excluding diaryl/α,β-unsaturated/α-hetero) is 1. The summed E-state index contributed by atoms with van der Waals surface area (Å²) in [5, 5.41) is 2.43. The van der Waals surface area contributed by atoms with Crippen molar-refractivity contribution in [2.45, 2.75) is 20.8 Å². The molecule has 1 aromatic rings. The van der Waals surface area contributed by atoms with Crippen LogP contribution in [0, 0.1) is 5.92 Å². The molecule has 0 bridgehead atoms. The molecule has 0 spiro atoms. The van der Waals surface area contributed by atoms with Crippen LogP contribution in [0.4, 0.5) is 5.69 Å². The molecule has 0 saturated heterocycles. The lowest BCUT2D eigenvalue weighted by molar-refractivity contribution is -0.163. The quantitative estimate of drug-likeness (QED) is 0.465. The highest BCUT2D eigenvalue weighted by atomic mass is 16.6. The van der Waals surface area contributed by atoms with E-state index >= 15 is 0 Å². The van der Waals surface area contributed by atoms with E-state index in [4.69, 9.17) is 9.47 Å². The van der Waals surface area contributed by atoms with E-state index in [1.165, 1.54) is 31.2 Å². The van der Waals surface area contributed by atoms with Crippen molar-refractivity contribution < 1.29 is 28.7 Å². The average molecular weight is 321 g/mol. The summed E-state index contributed by atoms with van der Waals surface area (Å²) in [5.41, 5.74) is 0.828. The van der Waals surface area contributed by atoms with Gasteiger partial charge in [0, 0.05) is 11.3 Å². The van der Waals surface area contributed by atoms with Crippen molar-refractivity contribution in [3.8, 4) is 0 Å². The Morgan fingerprint density at radius 3 is 1.83 bits per heavy atom. The average Bonchev–Trinajstić information content (AvgIpc) is 2.48. The molecule has 7 nitrogen and oxygen atoms in total. The Morgan fingerprint density at radius 1 is 0.957 bits per heavy atom. The zero-order valence-electron chi connectivity index (χ0n) is 13.3. The smallest absolute Gasteiger partial charge is 0.330 e. The molecule has 1 rings (SSSR count).